The van der Waals surface area contributed by atoms with Crippen LogP contribution in [0.3, 0.4) is 0 Å². The number of hydrogen-bond donors (Lipinski definition) is 0. The van der Waals surface area contributed by atoms with Gasteiger partial charge in [-0.25, -0.2) is 0 Å². The van der Waals surface area contributed by atoms with E-state index in [9.17, 15) is 5.26 Å². The number of aryl methyl sites for hydroxylation is 1. The van der Waals surface area contributed by atoms with Crippen LogP contribution in [0, 0.1) is 35.0 Å². The highest BCUT2D eigenvalue weighted by atomic mass is 16.5. The molecule has 6 aliphatic rings. The maximum atomic E-state index is 9.97. The lowest BCUT2D eigenvalue weighted by Crippen LogP contribution is -2.76. The summed E-state index contributed by atoms with van der Waals surface area (Å²) in [6.45, 7) is 5.57. The van der Waals surface area contributed by atoms with Gasteiger partial charge in [0.1, 0.15) is 11.9 Å². The number of likely N-dealkylation sites (tertiary alicyclic amines) is 1. The number of rotatable bonds is 0. The van der Waals surface area contributed by atoms with Crippen LogP contribution in [0.5, 0.6) is 5.75 Å². The van der Waals surface area contributed by atoms with E-state index in [0.29, 0.717) is 6.04 Å². The van der Waals surface area contributed by atoms with Crippen molar-refractivity contribution in [2.24, 2.45) is 16.7 Å². The summed E-state index contributed by atoms with van der Waals surface area (Å²) in [6, 6.07) is 7.71. The van der Waals surface area contributed by atoms with Gasteiger partial charge < -0.3 is 9.64 Å². The molecule has 0 N–H and O–H groups in total. The SMILES string of the molecule is Cc1ccc2c3c1O[C@H]1[C@@]4(C)C=C[C@@]5(C[C@@H]4C#N)[C@@H](C2)N(C)CC[C@]315. The minimum atomic E-state index is -0.184. The van der Waals surface area contributed by atoms with Gasteiger partial charge in [0, 0.05) is 27.9 Å². The molecule has 2 heterocycles. The molecule has 0 radical (unpaired) electrons. The van der Waals surface area contributed by atoms with Crippen molar-refractivity contribution in [1.29, 1.82) is 5.26 Å². The first-order chi connectivity index (χ1) is 12.0. The van der Waals surface area contributed by atoms with E-state index in [1.54, 1.807) is 0 Å². The molecule has 6 atom stereocenters. The topological polar surface area (TPSA) is 36.3 Å². The van der Waals surface area contributed by atoms with E-state index in [-0.39, 0.29) is 28.3 Å². The molecular formula is C22H24N2O. The first-order valence-corrected chi connectivity index (χ1v) is 9.58. The highest BCUT2D eigenvalue weighted by Gasteiger charge is 2.77. The molecule has 0 amide bonds. The molecule has 1 aromatic carbocycles. The van der Waals surface area contributed by atoms with Gasteiger partial charge in [-0.15, -0.1) is 0 Å². The van der Waals surface area contributed by atoms with Gasteiger partial charge in [-0.1, -0.05) is 31.2 Å². The number of piperidine rings is 1. The van der Waals surface area contributed by atoms with Crippen LogP contribution >= 0.6 is 0 Å². The lowest BCUT2D eigenvalue weighted by Gasteiger charge is -2.70. The number of hydrogen-bond acceptors (Lipinski definition) is 3. The van der Waals surface area contributed by atoms with Crippen LogP contribution in [0.1, 0.15) is 36.5 Å². The van der Waals surface area contributed by atoms with Crippen molar-refractivity contribution in [1.82, 2.24) is 4.90 Å². The van der Waals surface area contributed by atoms with E-state index >= 15 is 0 Å². The summed E-state index contributed by atoms with van der Waals surface area (Å²) in [5.41, 5.74) is 4.19. The Morgan fingerprint density at radius 2 is 2.16 bits per heavy atom. The van der Waals surface area contributed by atoms with Crippen molar-refractivity contribution in [2.75, 3.05) is 13.6 Å². The zero-order valence-corrected chi connectivity index (χ0v) is 15.2. The molecule has 0 unspecified atom stereocenters. The van der Waals surface area contributed by atoms with E-state index in [4.69, 9.17) is 4.74 Å². The molecule has 128 valence electrons. The number of nitrogens with zero attached hydrogens (tertiary/aromatic N) is 2. The summed E-state index contributed by atoms with van der Waals surface area (Å²) in [7, 11) is 2.27. The van der Waals surface area contributed by atoms with Gasteiger partial charge in [-0.05, 0) is 50.9 Å². The van der Waals surface area contributed by atoms with Gasteiger partial charge in [0.2, 0.25) is 0 Å². The number of nitriles is 1. The predicted molar refractivity (Wildman–Crippen MR) is 95.4 cm³/mol. The van der Waals surface area contributed by atoms with Crippen LogP contribution in [-0.2, 0) is 11.8 Å². The molecule has 3 nitrogen and oxygen atoms in total. The monoisotopic (exact) mass is 332 g/mol. The second-order valence-corrected chi connectivity index (χ2v) is 9.29. The lowest BCUT2D eigenvalue weighted by atomic mass is 9.35. The Balaban J connectivity index is 1.75. The molecule has 3 heteroatoms. The molecule has 4 aliphatic carbocycles. The normalized spacial score (nSPS) is 48.0. The first kappa shape index (κ1) is 14.4. The predicted octanol–water partition coefficient (Wildman–Crippen LogP) is 3.36. The molecule has 25 heavy (non-hydrogen) atoms. The molecule has 2 spiro atoms. The fourth-order valence-electron chi connectivity index (χ4n) is 7.36. The minimum Gasteiger partial charge on any atom is -0.488 e. The number of benzene rings is 1. The van der Waals surface area contributed by atoms with E-state index < -0.39 is 0 Å². The van der Waals surface area contributed by atoms with Gasteiger partial charge in [-0.3, -0.25) is 0 Å². The van der Waals surface area contributed by atoms with Crippen LogP contribution in [0.25, 0.3) is 0 Å². The van der Waals surface area contributed by atoms with Crippen molar-refractivity contribution in [3.8, 4) is 11.8 Å². The lowest BCUT2D eigenvalue weighted by molar-refractivity contribution is -0.154. The van der Waals surface area contributed by atoms with E-state index in [0.717, 1.165) is 31.6 Å². The molecule has 7 rings (SSSR count). The maximum absolute atomic E-state index is 9.97. The standard InChI is InChI=1S/C22H24N2O/c1-13-4-5-14-10-16-21-7-6-20(2,15(11-21)12-23)19-22(21,8-9-24(16)3)17(14)18(13)25-19/h4-7,15-16,19H,8-11H2,1-3H3/t15-,16-,19+,20+,21-,22+/m1/s1. The average Bonchev–Trinajstić information content (AvgIpc) is 2.98. The fourth-order valence-corrected chi connectivity index (χ4v) is 7.36. The minimum absolute atomic E-state index is 0.0424. The average molecular weight is 332 g/mol. The van der Waals surface area contributed by atoms with E-state index in [1.165, 1.54) is 16.7 Å². The molecule has 4 bridgehead atoms. The molecule has 1 saturated carbocycles. The third-order valence-electron chi connectivity index (χ3n) is 8.55. The summed E-state index contributed by atoms with van der Waals surface area (Å²) in [5.74, 6) is 1.18. The van der Waals surface area contributed by atoms with Crippen LogP contribution < -0.4 is 4.74 Å². The summed E-state index contributed by atoms with van der Waals surface area (Å²) >= 11 is 0. The Hall–Kier alpha value is -1.79. The molecule has 1 saturated heterocycles. The number of likely N-dealkylation sites (N-methyl/N-ethyl adjacent to an activating group) is 1. The van der Waals surface area contributed by atoms with Gasteiger partial charge in [0.15, 0.2) is 0 Å². The second-order valence-electron chi connectivity index (χ2n) is 9.29. The van der Waals surface area contributed by atoms with Gasteiger partial charge in [0.25, 0.3) is 0 Å². The number of ether oxygens (including phenoxy) is 1. The molecular weight excluding hydrogens is 308 g/mol. The molecule has 0 aromatic heterocycles. The third-order valence-corrected chi connectivity index (χ3v) is 8.55. The zero-order valence-electron chi connectivity index (χ0n) is 15.2. The quantitative estimate of drug-likeness (QED) is 0.684. The van der Waals surface area contributed by atoms with Crippen LogP contribution in [0.2, 0.25) is 0 Å². The van der Waals surface area contributed by atoms with Crippen LogP contribution in [-0.4, -0.2) is 30.6 Å². The van der Waals surface area contributed by atoms with Crippen molar-refractivity contribution < 1.29 is 4.74 Å². The third kappa shape index (κ3) is 1.22. The summed E-state index contributed by atoms with van der Waals surface area (Å²) in [6.07, 6.45) is 8.18. The Morgan fingerprint density at radius 3 is 2.96 bits per heavy atom. The number of fused-ring (bicyclic) bond motifs is 1. The Morgan fingerprint density at radius 1 is 1.32 bits per heavy atom. The summed E-state index contributed by atoms with van der Waals surface area (Å²) in [4.78, 5) is 2.55. The Bertz CT molecular complexity index is 898. The molecule has 2 aliphatic heterocycles. The molecule has 1 aromatic rings. The Labute approximate surface area is 149 Å². The van der Waals surface area contributed by atoms with Gasteiger partial charge >= 0.3 is 0 Å². The van der Waals surface area contributed by atoms with Crippen molar-refractivity contribution >= 4 is 0 Å². The Kier molecular flexibility index (Phi) is 2.28. The highest BCUT2D eigenvalue weighted by Crippen LogP contribution is 2.75. The zero-order chi connectivity index (χ0) is 17.2. The van der Waals surface area contributed by atoms with E-state index in [2.05, 4.69) is 56.1 Å². The largest absolute Gasteiger partial charge is 0.488 e. The van der Waals surface area contributed by atoms with E-state index in [1.807, 2.05) is 0 Å². The van der Waals surface area contributed by atoms with Crippen LogP contribution in [0.4, 0.5) is 0 Å². The van der Waals surface area contributed by atoms with Crippen molar-refractivity contribution in [3.05, 3.63) is 41.0 Å². The maximum Gasteiger partial charge on any atom is 0.126 e. The molecule has 2 fully saturated rings. The van der Waals surface area contributed by atoms with Crippen molar-refractivity contribution in [3.63, 3.8) is 0 Å². The summed E-state index contributed by atoms with van der Waals surface area (Å²) in [5, 5.41) is 9.97. The van der Waals surface area contributed by atoms with Gasteiger partial charge in [-0.2, -0.15) is 5.26 Å². The second kappa shape index (κ2) is 3.96. The van der Waals surface area contributed by atoms with Gasteiger partial charge in [0.05, 0.1) is 12.0 Å². The summed E-state index contributed by atoms with van der Waals surface area (Å²) < 4.78 is 6.79. The fraction of sp³-hybridized carbons (Fsp3) is 0.591. The highest BCUT2D eigenvalue weighted by molar-refractivity contribution is 5.62. The van der Waals surface area contributed by atoms with Crippen molar-refractivity contribution in [2.45, 2.75) is 50.7 Å². The smallest absolute Gasteiger partial charge is 0.126 e. The first-order valence-electron chi connectivity index (χ1n) is 9.58. The van der Waals surface area contributed by atoms with Crippen LogP contribution in [0.15, 0.2) is 24.3 Å².